The van der Waals surface area contributed by atoms with Gasteiger partial charge in [0.25, 0.3) is 0 Å². The van der Waals surface area contributed by atoms with Gasteiger partial charge >= 0.3 is 0 Å². The molecule has 20 heavy (non-hydrogen) atoms. The lowest BCUT2D eigenvalue weighted by Gasteiger charge is -2.25. The maximum atomic E-state index is 13.6. The second-order valence-corrected chi connectivity index (χ2v) is 5.99. The van der Waals surface area contributed by atoms with Crippen LogP contribution in [-0.2, 0) is 9.53 Å². The molecule has 1 atom stereocenters. The Bertz CT molecular complexity index is 475. The molecule has 0 saturated carbocycles. The van der Waals surface area contributed by atoms with Crippen LogP contribution in [0.1, 0.15) is 31.2 Å². The summed E-state index contributed by atoms with van der Waals surface area (Å²) in [5.41, 5.74) is 0.720. The number of nitrogens with one attached hydrogen (secondary N) is 1. The van der Waals surface area contributed by atoms with Gasteiger partial charge in [-0.15, -0.1) is 0 Å². The average Bonchev–Trinajstić information content (AvgIpc) is 2.43. The number of hydrogen-bond donors (Lipinski definition) is 1. The van der Waals surface area contributed by atoms with E-state index in [2.05, 4.69) is 21.2 Å². The predicted octanol–water partition coefficient (Wildman–Crippen LogP) is 3.03. The Morgan fingerprint density at radius 1 is 1.50 bits per heavy atom. The van der Waals surface area contributed by atoms with Gasteiger partial charge in [-0.1, -0.05) is 6.07 Å². The zero-order valence-electron chi connectivity index (χ0n) is 11.5. The first-order valence-electron chi connectivity index (χ1n) is 6.84. The third-order valence-electron chi connectivity index (χ3n) is 3.67. The number of halogens is 2. The van der Waals surface area contributed by atoms with Gasteiger partial charge < -0.3 is 10.1 Å². The first-order valence-corrected chi connectivity index (χ1v) is 7.63. The van der Waals surface area contributed by atoms with Gasteiger partial charge in [-0.05, 0) is 53.4 Å². The average molecular weight is 344 g/mol. The number of rotatable bonds is 5. The van der Waals surface area contributed by atoms with Gasteiger partial charge in [0.2, 0.25) is 0 Å². The number of benzene rings is 1. The Balaban J connectivity index is 2.02. The van der Waals surface area contributed by atoms with Crippen molar-refractivity contribution < 1.29 is 13.9 Å². The van der Waals surface area contributed by atoms with E-state index in [9.17, 15) is 9.18 Å². The van der Waals surface area contributed by atoms with Crippen LogP contribution in [0.4, 0.5) is 4.39 Å². The van der Waals surface area contributed by atoms with Crippen molar-refractivity contribution in [1.29, 1.82) is 0 Å². The van der Waals surface area contributed by atoms with E-state index in [0.29, 0.717) is 17.1 Å². The van der Waals surface area contributed by atoms with Gasteiger partial charge in [0.1, 0.15) is 11.6 Å². The zero-order chi connectivity index (χ0) is 14.5. The van der Waals surface area contributed by atoms with Crippen LogP contribution in [0.15, 0.2) is 22.7 Å². The van der Waals surface area contributed by atoms with Crippen molar-refractivity contribution in [2.45, 2.75) is 31.7 Å². The molecule has 1 aliphatic rings. The molecule has 5 heteroatoms. The molecule has 1 heterocycles. The van der Waals surface area contributed by atoms with E-state index in [1.165, 1.54) is 6.07 Å². The van der Waals surface area contributed by atoms with Crippen molar-refractivity contribution in [3.8, 4) is 0 Å². The molecule has 1 saturated heterocycles. The van der Waals surface area contributed by atoms with Crippen LogP contribution in [0.3, 0.4) is 0 Å². The van der Waals surface area contributed by atoms with Crippen LogP contribution in [-0.4, -0.2) is 31.6 Å². The number of hydrogen-bond acceptors (Lipinski definition) is 3. The van der Waals surface area contributed by atoms with Crippen molar-refractivity contribution in [1.82, 2.24) is 5.32 Å². The van der Waals surface area contributed by atoms with Crippen LogP contribution in [0.5, 0.6) is 0 Å². The first kappa shape index (κ1) is 15.6. The quantitative estimate of drug-likeness (QED) is 0.892. The fraction of sp³-hybridized carbons (Fsp3) is 0.533. The molecule has 0 radical (unpaired) electrons. The highest BCUT2D eigenvalue weighted by atomic mass is 79.9. The van der Waals surface area contributed by atoms with Crippen LogP contribution in [0, 0.1) is 5.82 Å². The van der Waals surface area contributed by atoms with Gasteiger partial charge in [-0.2, -0.15) is 0 Å². The lowest BCUT2D eigenvalue weighted by Crippen LogP contribution is -2.38. The number of ketones is 1. The summed E-state index contributed by atoms with van der Waals surface area (Å²) in [6.45, 7) is 3.61. The summed E-state index contributed by atoms with van der Waals surface area (Å²) in [5.74, 6) is -0.591. The molecule has 110 valence electrons. The fourth-order valence-electron chi connectivity index (χ4n) is 2.41. The summed E-state index contributed by atoms with van der Waals surface area (Å²) in [4.78, 5) is 11.8. The van der Waals surface area contributed by atoms with Gasteiger partial charge in [0, 0.05) is 25.8 Å². The third kappa shape index (κ3) is 4.11. The third-order valence-corrected chi connectivity index (χ3v) is 4.31. The molecule has 1 fully saturated rings. The molecule has 1 aliphatic heterocycles. The predicted molar refractivity (Wildman–Crippen MR) is 79.4 cm³/mol. The van der Waals surface area contributed by atoms with Crippen molar-refractivity contribution in [3.63, 3.8) is 0 Å². The zero-order valence-corrected chi connectivity index (χ0v) is 13.1. The summed E-state index contributed by atoms with van der Waals surface area (Å²) in [6.07, 6.45) is 1.92. The molecule has 0 aliphatic carbocycles. The topological polar surface area (TPSA) is 38.3 Å². The highest BCUT2D eigenvalue weighted by molar-refractivity contribution is 9.10. The van der Waals surface area contributed by atoms with E-state index in [-0.39, 0.29) is 17.5 Å². The second-order valence-electron chi connectivity index (χ2n) is 5.13. The van der Waals surface area contributed by atoms with Crippen molar-refractivity contribution in [3.05, 3.63) is 34.1 Å². The van der Waals surface area contributed by atoms with E-state index in [1.54, 1.807) is 19.1 Å². The molecule has 1 aromatic rings. The van der Waals surface area contributed by atoms with Gasteiger partial charge in [-0.25, -0.2) is 4.39 Å². The molecular weight excluding hydrogens is 325 g/mol. The molecule has 0 amide bonds. The minimum Gasteiger partial charge on any atom is -0.381 e. The molecule has 0 unspecified atom stereocenters. The smallest absolute Gasteiger partial charge is 0.138 e. The van der Waals surface area contributed by atoms with Crippen molar-refractivity contribution in [2.75, 3.05) is 19.8 Å². The van der Waals surface area contributed by atoms with Crippen LogP contribution in [0.25, 0.3) is 0 Å². The molecule has 1 aromatic carbocycles. The fourth-order valence-corrected chi connectivity index (χ4v) is 2.66. The molecular formula is C15H19BrFNO2. The van der Waals surface area contributed by atoms with E-state index >= 15 is 0 Å². The summed E-state index contributed by atoms with van der Waals surface area (Å²) in [7, 11) is 0. The van der Waals surface area contributed by atoms with E-state index in [0.717, 1.165) is 31.6 Å². The highest BCUT2D eigenvalue weighted by Gasteiger charge is 2.20. The summed E-state index contributed by atoms with van der Waals surface area (Å²) in [5, 5.41) is 3.40. The minimum absolute atomic E-state index is 0.0475. The number of Topliss-reactive ketones (excluding diaryl/α,β-unsaturated/α-hetero) is 1. The van der Waals surface area contributed by atoms with Crippen molar-refractivity contribution in [2.24, 2.45) is 0 Å². The second kappa shape index (κ2) is 7.29. The normalized spacial score (nSPS) is 17.9. The van der Waals surface area contributed by atoms with Crippen molar-refractivity contribution >= 4 is 21.7 Å². The number of ether oxygens (including phenoxy) is 1. The molecule has 3 nitrogen and oxygen atoms in total. The van der Waals surface area contributed by atoms with E-state index in [4.69, 9.17) is 4.74 Å². The van der Waals surface area contributed by atoms with Gasteiger partial charge in [-0.3, -0.25) is 4.79 Å². The SMILES string of the molecule is CC(=O)[C@H](CNC1CCOCC1)c1ccc(Br)c(F)c1. The van der Waals surface area contributed by atoms with Gasteiger partial charge in [0.15, 0.2) is 0 Å². The van der Waals surface area contributed by atoms with Crippen LogP contribution >= 0.6 is 15.9 Å². The van der Waals surface area contributed by atoms with Gasteiger partial charge in [0.05, 0.1) is 10.4 Å². The Morgan fingerprint density at radius 2 is 2.20 bits per heavy atom. The Labute approximate surface area is 127 Å². The molecule has 0 spiro atoms. The maximum absolute atomic E-state index is 13.6. The summed E-state index contributed by atoms with van der Waals surface area (Å²) >= 11 is 3.13. The number of carbonyl (C=O) groups excluding carboxylic acids is 1. The van der Waals surface area contributed by atoms with E-state index < -0.39 is 0 Å². The maximum Gasteiger partial charge on any atom is 0.138 e. The summed E-state index contributed by atoms with van der Waals surface area (Å²) in [6, 6.07) is 5.26. The minimum atomic E-state index is -0.334. The number of carbonyl (C=O) groups is 1. The van der Waals surface area contributed by atoms with Crippen LogP contribution in [0.2, 0.25) is 0 Å². The van der Waals surface area contributed by atoms with Crippen LogP contribution < -0.4 is 5.32 Å². The largest absolute Gasteiger partial charge is 0.381 e. The van der Waals surface area contributed by atoms with E-state index in [1.807, 2.05) is 0 Å². The molecule has 1 N–H and O–H groups in total. The molecule has 2 rings (SSSR count). The monoisotopic (exact) mass is 343 g/mol. The lowest BCUT2D eigenvalue weighted by atomic mass is 9.94. The standard InChI is InChI=1S/C15H19BrFNO2/c1-10(19)13(9-18-12-4-6-20-7-5-12)11-2-3-14(16)15(17)8-11/h2-3,8,12-13,18H,4-7,9H2,1H3/t13-/m0/s1. The Kier molecular flexibility index (Phi) is 5.69. The molecule has 0 aromatic heterocycles. The Morgan fingerprint density at radius 3 is 2.80 bits per heavy atom. The lowest BCUT2D eigenvalue weighted by molar-refractivity contribution is -0.118. The first-order chi connectivity index (χ1) is 9.58. The Hall–Kier alpha value is -0.780. The molecule has 0 bridgehead atoms. The highest BCUT2D eigenvalue weighted by Crippen LogP contribution is 2.23. The summed E-state index contributed by atoms with van der Waals surface area (Å²) < 4.78 is 19.3.